The third-order valence-corrected chi connectivity index (χ3v) is 3.74. The highest BCUT2D eigenvalue weighted by Gasteiger charge is 2.32. The Morgan fingerprint density at radius 1 is 1.28 bits per heavy atom. The van der Waals surface area contributed by atoms with Gasteiger partial charge in [0.2, 0.25) is 5.91 Å². The van der Waals surface area contributed by atoms with Gasteiger partial charge in [-0.25, -0.2) is 0 Å². The highest BCUT2D eigenvalue weighted by atomic mass is 16.2. The molecule has 1 fully saturated rings. The molecule has 1 saturated heterocycles. The average Bonchev–Trinajstić information content (AvgIpc) is 2.40. The lowest BCUT2D eigenvalue weighted by molar-refractivity contribution is -0.121. The average molecular weight is 246 g/mol. The number of nitrogens with one attached hydrogen (secondary N) is 2. The van der Waals surface area contributed by atoms with Crippen LogP contribution in [0.4, 0.5) is 11.4 Å². The zero-order chi connectivity index (χ0) is 12.5. The van der Waals surface area contributed by atoms with Gasteiger partial charge in [-0.15, -0.1) is 0 Å². The van der Waals surface area contributed by atoms with E-state index in [1.807, 2.05) is 18.2 Å². The Labute approximate surface area is 106 Å². The van der Waals surface area contributed by atoms with Crippen molar-refractivity contribution >= 4 is 17.3 Å². The third-order valence-electron chi connectivity index (χ3n) is 3.74. The molecule has 1 aromatic carbocycles. The first-order chi connectivity index (χ1) is 8.75. The number of rotatable bonds is 1. The minimum Gasteiger partial charge on any atom is -0.397 e. The predicted molar refractivity (Wildman–Crippen MR) is 71.4 cm³/mol. The number of nitrogen functional groups attached to an aromatic ring is 1. The van der Waals surface area contributed by atoms with Gasteiger partial charge < -0.3 is 16.4 Å². The molecule has 5 heteroatoms. The van der Waals surface area contributed by atoms with Crippen LogP contribution in [0, 0.1) is 0 Å². The van der Waals surface area contributed by atoms with Crippen LogP contribution in [-0.2, 0) is 11.2 Å². The van der Waals surface area contributed by atoms with Gasteiger partial charge in [-0.1, -0.05) is 12.1 Å². The van der Waals surface area contributed by atoms with E-state index >= 15 is 0 Å². The van der Waals surface area contributed by atoms with Crippen molar-refractivity contribution in [1.29, 1.82) is 0 Å². The number of hydrogen-bond donors (Lipinski definition) is 3. The van der Waals surface area contributed by atoms with Crippen LogP contribution in [0.3, 0.4) is 0 Å². The van der Waals surface area contributed by atoms with Gasteiger partial charge in [-0.2, -0.15) is 0 Å². The fraction of sp³-hybridized carbons (Fsp3) is 0.462. The maximum absolute atomic E-state index is 12.2. The summed E-state index contributed by atoms with van der Waals surface area (Å²) in [7, 11) is 0. The molecule has 0 aliphatic carbocycles. The number of anilines is 2. The maximum Gasteiger partial charge on any atom is 0.242 e. The van der Waals surface area contributed by atoms with Crippen molar-refractivity contribution in [1.82, 2.24) is 10.2 Å². The Hall–Kier alpha value is -1.59. The molecule has 4 N–H and O–H groups in total. The molecule has 1 unspecified atom stereocenters. The zero-order valence-corrected chi connectivity index (χ0v) is 10.3. The molecular weight excluding hydrogens is 228 g/mol. The molecule has 2 heterocycles. The first-order valence-electron chi connectivity index (χ1n) is 6.39. The molecule has 5 nitrogen and oxygen atoms in total. The van der Waals surface area contributed by atoms with Crippen molar-refractivity contribution in [3.63, 3.8) is 0 Å². The monoisotopic (exact) mass is 246 g/mol. The predicted octanol–water partition coefficient (Wildman–Crippen LogP) is 0.0372. The number of nitrogens with zero attached hydrogens (tertiary/aromatic N) is 1. The van der Waals surface area contributed by atoms with Crippen molar-refractivity contribution in [2.24, 2.45) is 0 Å². The topological polar surface area (TPSA) is 70.4 Å². The minimum atomic E-state index is -0.0543. The van der Waals surface area contributed by atoms with Gasteiger partial charge in [-0.05, 0) is 18.1 Å². The Morgan fingerprint density at radius 3 is 2.83 bits per heavy atom. The molecule has 1 aromatic rings. The number of para-hydroxylation sites is 1. The highest BCUT2D eigenvalue weighted by Crippen LogP contribution is 2.29. The standard InChI is InChI=1S/C13H18N4O/c14-10-3-1-2-9-8-11(13(18)16-12(9)10)17-6-4-15-5-7-17/h1-3,11,15H,4-8,14H2,(H,16,18). The number of piperazine rings is 1. The molecule has 1 atom stereocenters. The van der Waals surface area contributed by atoms with Crippen LogP contribution in [0.5, 0.6) is 0 Å². The summed E-state index contributed by atoms with van der Waals surface area (Å²) in [6, 6.07) is 5.76. The number of hydrogen-bond acceptors (Lipinski definition) is 4. The van der Waals surface area contributed by atoms with Crippen LogP contribution in [0.15, 0.2) is 18.2 Å². The number of fused-ring (bicyclic) bond motifs is 1. The minimum absolute atomic E-state index is 0.0543. The molecule has 1 amide bonds. The Kier molecular flexibility index (Phi) is 2.93. The van der Waals surface area contributed by atoms with Crippen LogP contribution < -0.4 is 16.4 Å². The van der Waals surface area contributed by atoms with Gasteiger partial charge >= 0.3 is 0 Å². The number of carbonyl (C=O) groups is 1. The summed E-state index contributed by atoms with van der Waals surface area (Å²) >= 11 is 0. The summed E-state index contributed by atoms with van der Waals surface area (Å²) in [5.74, 6) is 0.0716. The molecule has 18 heavy (non-hydrogen) atoms. The summed E-state index contributed by atoms with van der Waals surface area (Å²) < 4.78 is 0. The van der Waals surface area contributed by atoms with Crippen molar-refractivity contribution in [2.75, 3.05) is 37.2 Å². The van der Waals surface area contributed by atoms with Crippen LogP contribution in [0.2, 0.25) is 0 Å². The highest BCUT2D eigenvalue weighted by molar-refractivity contribution is 6.00. The van der Waals surface area contributed by atoms with Gasteiger partial charge in [0.15, 0.2) is 0 Å². The van der Waals surface area contributed by atoms with E-state index in [1.54, 1.807) is 0 Å². The van der Waals surface area contributed by atoms with Gasteiger partial charge in [-0.3, -0.25) is 9.69 Å². The van der Waals surface area contributed by atoms with Gasteiger partial charge in [0.05, 0.1) is 17.4 Å². The first-order valence-corrected chi connectivity index (χ1v) is 6.39. The quantitative estimate of drug-likeness (QED) is 0.612. The van der Waals surface area contributed by atoms with E-state index in [0.717, 1.165) is 43.9 Å². The van der Waals surface area contributed by atoms with E-state index < -0.39 is 0 Å². The molecule has 96 valence electrons. The molecule has 3 rings (SSSR count). The zero-order valence-electron chi connectivity index (χ0n) is 10.3. The molecule has 0 aromatic heterocycles. The summed E-state index contributed by atoms with van der Waals surface area (Å²) in [6.07, 6.45) is 0.756. The van der Waals surface area contributed by atoms with Gasteiger partial charge in [0.25, 0.3) is 0 Å². The lowest BCUT2D eigenvalue weighted by atomic mass is 9.96. The molecule has 2 aliphatic rings. The summed E-state index contributed by atoms with van der Waals surface area (Å²) in [5, 5.41) is 6.25. The SMILES string of the molecule is Nc1cccc2c1NC(=O)C(N1CCNCC1)C2. The van der Waals surface area contributed by atoms with Crippen LogP contribution in [0.25, 0.3) is 0 Å². The summed E-state index contributed by atoms with van der Waals surface area (Å²) in [5.41, 5.74) is 8.48. The molecule has 0 bridgehead atoms. The Balaban J connectivity index is 1.85. The maximum atomic E-state index is 12.2. The fourth-order valence-electron chi connectivity index (χ4n) is 2.74. The largest absolute Gasteiger partial charge is 0.397 e. The number of carbonyl (C=O) groups excluding carboxylic acids is 1. The Bertz CT molecular complexity index is 468. The molecule has 2 aliphatic heterocycles. The Morgan fingerprint density at radius 2 is 2.06 bits per heavy atom. The first kappa shape index (κ1) is 11.5. The lowest BCUT2D eigenvalue weighted by Crippen LogP contribution is -2.54. The van der Waals surface area contributed by atoms with Crippen molar-refractivity contribution in [3.05, 3.63) is 23.8 Å². The van der Waals surface area contributed by atoms with Crippen molar-refractivity contribution < 1.29 is 4.79 Å². The fourth-order valence-corrected chi connectivity index (χ4v) is 2.74. The van der Waals surface area contributed by atoms with E-state index in [-0.39, 0.29) is 11.9 Å². The van der Waals surface area contributed by atoms with Crippen molar-refractivity contribution in [2.45, 2.75) is 12.5 Å². The molecule has 0 radical (unpaired) electrons. The lowest BCUT2D eigenvalue weighted by Gasteiger charge is -2.36. The van der Waals surface area contributed by atoms with Crippen molar-refractivity contribution in [3.8, 4) is 0 Å². The van der Waals surface area contributed by atoms with E-state index in [0.29, 0.717) is 5.69 Å². The summed E-state index contributed by atoms with van der Waals surface area (Å²) in [4.78, 5) is 14.4. The number of nitrogens with two attached hydrogens (primary N) is 1. The molecular formula is C13H18N4O. The van der Waals surface area contributed by atoms with Crippen LogP contribution >= 0.6 is 0 Å². The molecule has 0 saturated carbocycles. The van der Waals surface area contributed by atoms with E-state index in [1.165, 1.54) is 0 Å². The third kappa shape index (κ3) is 1.95. The molecule has 0 spiro atoms. The van der Waals surface area contributed by atoms with Gasteiger partial charge in [0, 0.05) is 26.2 Å². The van der Waals surface area contributed by atoms with E-state index in [9.17, 15) is 4.79 Å². The van der Waals surface area contributed by atoms with E-state index in [2.05, 4.69) is 15.5 Å². The number of benzene rings is 1. The second kappa shape index (κ2) is 4.59. The van der Waals surface area contributed by atoms with E-state index in [4.69, 9.17) is 5.73 Å². The normalized spacial score (nSPS) is 24.4. The second-order valence-corrected chi connectivity index (χ2v) is 4.88. The summed E-state index contributed by atoms with van der Waals surface area (Å²) in [6.45, 7) is 3.76. The van der Waals surface area contributed by atoms with Gasteiger partial charge in [0.1, 0.15) is 0 Å². The smallest absolute Gasteiger partial charge is 0.242 e. The van der Waals surface area contributed by atoms with Crippen LogP contribution in [-0.4, -0.2) is 43.0 Å². The number of amides is 1. The second-order valence-electron chi connectivity index (χ2n) is 4.88. The van der Waals surface area contributed by atoms with Crippen LogP contribution in [0.1, 0.15) is 5.56 Å².